The second-order valence-electron chi connectivity index (χ2n) is 4.51. The van der Waals surface area contributed by atoms with Crippen LogP contribution < -0.4 is 11.1 Å². The van der Waals surface area contributed by atoms with Crippen LogP contribution in [0.2, 0.25) is 0 Å². The molecule has 3 N–H and O–H groups in total. The Balaban J connectivity index is 2.63. The SMILES string of the molecule is CCCC(CN)C(=O)N[C@@H](C)c1cccc(Br)c1. The Kier molecular flexibility index (Phi) is 6.36. The predicted octanol–water partition coefficient (Wildman–Crippen LogP) is 3.00. The van der Waals surface area contributed by atoms with Crippen LogP contribution in [0.3, 0.4) is 0 Å². The van der Waals surface area contributed by atoms with Gasteiger partial charge in [-0.3, -0.25) is 4.79 Å². The first-order valence-electron chi connectivity index (χ1n) is 6.34. The van der Waals surface area contributed by atoms with E-state index in [-0.39, 0.29) is 17.9 Å². The predicted molar refractivity (Wildman–Crippen MR) is 78.2 cm³/mol. The summed E-state index contributed by atoms with van der Waals surface area (Å²) in [6.45, 7) is 4.46. The highest BCUT2D eigenvalue weighted by Gasteiger charge is 2.18. The number of hydrogen-bond donors (Lipinski definition) is 2. The van der Waals surface area contributed by atoms with Gasteiger partial charge >= 0.3 is 0 Å². The van der Waals surface area contributed by atoms with Gasteiger partial charge < -0.3 is 11.1 Å². The highest BCUT2D eigenvalue weighted by Crippen LogP contribution is 2.18. The molecule has 0 saturated carbocycles. The van der Waals surface area contributed by atoms with Crippen LogP contribution in [0.4, 0.5) is 0 Å². The van der Waals surface area contributed by atoms with Crippen molar-refractivity contribution in [1.82, 2.24) is 5.32 Å². The van der Waals surface area contributed by atoms with E-state index < -0.39 is 0 Å². The van der Waals surface area contributed by atoms with Gasteiger partial charge in [0, 0.05) is 11.0 Å². The minimum atomic E-state index is -0.0791. The molecule has 0 fully saturated rings. The van der Waals surface area contributed by atoms with E-state index in [1.807, 2.05) is 31.2 Å². The highest BCUT2D eigenvalue weighted by atomic mass is 79.9. The maximum Gasteiger partial charge on any atom is 0.224 e. The van der Waals surface area contributed by atoms with Gasteiger partial charge in [-0.05, 0) is 31.0 Å². The molecule has 1 amide bonds. The Morgan fingerprint density at radius 3 is 2.78 bits per heavy atom. The van der Waals surface area contributed by atoms with Crippen LogP contribution in [0.1, 0.15) is 38.3 Å². The summed E-state index contributed by atoms with van der Waals surface area (Å²) in [6, 6.07) is 7.96. The van der Waals surface area contributed by atoms with Crippen molar-refractivity contribution < 1.29 is 4.79 Å². The molecular formula is C14H21BrN2O. The van der Waals surface area contributed by atoms with Crippen LogP contribution >= 0.6 is 15.9 Å². The lowest BCUT2D eigenvalue weighted by atomic mass is 10.0. The normalized spacial score (nSPS) is 14.0. The van der Waals surface area contributed by atoms with Crippen LogP contribution in [0.15, 0.2) is 28.7 Å². The second-order valence-corrected chi connectivity index (χ2v) is 5.42. The lowest BCUT2D eigenvalue weighted by Gasteiger charge is -2.19. The minimum absolute atomic E-state index is 0.000839. The number of hydrogen-bond acceptors (Lipinski definition) is 2. The number of rotatable bonds is 6. The maximum absolute atomic E-state index is 12.0. The van der Waals surface area contributed by atoms with E-state index in [0.29, 0.717) is 6.54 Å². The molecule has 1 aromatic carbocycles. The van der Waals surface area contributed by atoms with Gasteiger partial charge in [0.1, 0.15) is 0 Å². The van der Waals surface area contributed by atoms with E-state index >= 15 is 0 Å². The molecule has 0 spiro atoms. The van der Waals surface area contributed by atoms with Gasteiger partial charge in [-0.2, -0.15) is 0 Å². The smallest absolute Gasteiger partial charge is 0.224 e. The molecule has 0 radical (unpaired) electrons. The van der Waals surface area contributed by atoms with E-state index in [1.54, 1.807) is 0 Å². The third-order valence-corrected chi connectivity index (χ3v) is 3.49. The number of carbonyl (C=O) groups is 1. The zero-order valence-corrected chi connectivity index (χ0v) is 12.5. The number of benzene rings is 1. The average molecular weight is 313 g/mol. The molecule has 1 aromatic rings. The van der Waals surface area contributed by atoms with E-state index in [0.717, 1.165) is 22.9 Å². The summed E-state index contributed by atoms with van der Waals surface area (Å²) in [4.78, 5) is 12.0. The molecule has 0 aliphatic heterocycles. The van der Waals surface area contributed by atoms with Crippen LogP contribution in [0.25, 0.3) is 0 Å². The van der Waals surface area contributed by atoms with Gasteiger partial charge in [0.15, 0.2) is 0 Å². The third-order valence-electron chi connectivity index (χ3n) is 3.00. The van der Waals surface area contributed by atoms with Crippen LogP contribution in [-0.4, -0.2) is 12.5 Å². The zero-order valence-electron chi connectivity index (χ0n) is 10.9. The second kappa shape index (κ2) is 7.54. The summed E-state index contributed by atoms with van der Waals surface area (Å²) < 4.78 is 1.02. The van der Waals surface area contributed by atoms with Crippen molar-refractivity contribution in [3.05, 3.63) is 34.3 Å². The molecule has 0 aromatic heterocycles. The Morgan fingerprint density at radius 2 is 2.22 bits per heavy atom. The molecule has 0 aliphatic rings. The molecule has 100 valence electrons. The topological polar surface area (TPSA) is 55.1 Å². The lowest BCUT2D eigenvalue weighted by molar-refractivity contribution is -0.125. The molecule has 0 saturated heterocycles. The average Bonchev–Trinajstić information content (AvgIpc) is 2.35. The number of amides is 1. The van der Waals surface area contributed by atoms with E-state index in [4.69, 9.17) is 5.73 Å². The van der Waals surface area contributed by atoms with Crippen molar-refractivity contribution in [3.63, 3.8) is 0 Å². The molecule has 0 heterocycles. The van der Waals surface area contributed by atoms with Gasteiger partial charge in [0.25, 0.3) is 0 Å². The fourth-order valence-corrected chi connectivity index (χ4v) is 2.31. The van der Waals surface area contributed by atoms with Crippen molar-refractivity contribution in [2.45, 2.75) is 32.7 Å². The molecule has 4 heteroatoms. The standard InChI is InChI=1S/C14H21BrN2O/c1-3-5-12(9-16)14(18)17-10(2)11-6-4-7-13(15)8-11/h4,6-8,10,12H,3,5,9,16H2,1-2H3,(H,17,18)/t10-,12?/m0/s1. The molecule has 18 heavy (non-hydrogen) atoms. The molecule has 1 rings (SSSR count). The summed E-state index contributed by atoms with van der Waals surface area (Å²) in [5.41, 5.74) is 6.72. The monoisotopic (exact) mass is 312 g/mol. The first-order chi connectivity index (χ1) is 8.58. The van der Waals surface area contributed by atoms with E-state index in [1.165, 1.54) is 0 Å². The Morgan fingerprint density at radius 1 is 1.50 bits per heavy atom. The molecular weight excluding hydrogens is 292 g/mol. The quantitative estimate of drug-likeness (QED) is 0.848. The van der Waals surface area contributed by atoms with Gasteiger partial charge in [-0.15, -0.1) is 0 Å². The molecule has 0 aliphatic carbocycles. The Labute approximate surface area is 117 Å². The van der Waals surface area contributed by atoms with Crippen LogP contribution in [-0.2, 0) is 4.79 Å². The van der Waals surface area contributed by atoms with Gasteiger partial charge in [0.2, 0.25) is 5.91 Å². The zero-order chi connectivity index (χ0) is 13.5. The molecule has 0 bridgehead atoms. The van der Waals surface area contributed by atoms with Crippen molar-refractivity contribution in [3.8, 4) is 0 Å². The first kappa shape index (κ1) is 15.2. The first-order valence-corrected chi connectivity index (χ1v) is 7.13. The van der Waals surface area contributed by atoms with Crippen molar-refractivity contribution >= 4 is 21.8 Å². The van der Waals surface area contributed by atoms with Crippen molar-refractivity contribution in [2.75, 3.05) is 6.54 Å². The summed E-state index contributed by atoms with van der Waals surface area (Å²) in [5, 5.41) is 3.02. The number of halogens is 1. The third kappa shape index (κ3) is 4.42. The van der Waals surface area contributed by atoms with Crippen LogP contribution in [0.5, 0.6) is 0 Å². The summed E-state index contributed by atoms with van der Waals surface area (Å²) >= 11 is 3.43. The number of nitrogens with one attached hydrogen (secondary N) is 1. The fourth-order valence-electron chi connectivity index (χ4n) is 1.89. The Bertz CT molecular complexity index is 395. The fraction of sp³-hybridized carbons (Fsp3) is 0.500. The lowest BCUT2D eigenvalue weighted by Crippen LogP contribution is -2.36. The van der Waals surface area contributed by atoms with Gasteiger partial charge in [0.05, 0.1) is 12.0 Å². The molecule has 3 nitrogen and oxygen atoms in total. The largest absolute Gasteiger partial charge is 0.349 e. The minimum Gasteiger partial charge on any atom is -0.349 e. The van der Waals surface area contributed by atoms with E-state index in [9.17, 15) is 4.79 Å². The molecule has 2 atom stereocenters. The number of carbonyl (C=O) groups excluding carboxylic acids is 1. The molecule has 1 unspecified atom stereocenters. The van der Waals surface area contributed by atoms with Crippen LogP contribution in [0, 0.1) is 5.92 Å². The summed E-state index contributed by atoms with van der Waals surface area (Å²) in [7, 11) is 0. The highest BCUT2D eigenvalue weighted by molar-refractivity contribution is 9.10. The number of nitrogens with two attached hydrogens (primary N) is 1. The van der Waals surface area contributed by atoms with Gasteiger partial charge in [-0.25, -0.2) is 0 Å². The maximum atomic E-state index is 12.0. The van der Waals surface area contributed by atoms with Crippen molar-refractivity contribution in [1.29, 1.82) is 0 Å². The Hall–Kier alpha value is -0.870. The summed E-state index contributed by atoms with van der Waals surface area (Å²) in [6.07, 6.45) is 1.81. The van der Waals surface area contributed by atoms with Gasteiger partial charge in [-0.1, -0.05) is 41.4 Å². The van der Waals surface area contributed by atoms with E-state index in [2.05, 4.69) is 28.2 Å². The van der Waals surface area contributed by atoms with Crippen molar-refractivity contribution in [2.24, 2.45) is 11.7 Å². The summed E-state index contributed by atoms with van der Waals surface area (Å²) in [5.74, 6) is -0.0311.